The molecular weight excluding hydrogens is 462 g/mol. The molecule has 0 aliphatic carbocycles. The zero-order valence-corrected chi connectivity index (χ0v) is 19.6. The van der Waals surface area contributed by atoms with Crippen molar-refractivity contribution in [2.24, 2.45) is 0 Å². The van der Waals surface area contributed by atoms with Gasteiger partial charge in [0.25, 0.3) is 10.9 Å². The van der Waals surface area contributed by atoms with Crippen LogP contribution in [0, 0.1) is 0 Å². The number of rotatable bonds is 8. The topological polar surface area (TPSA) is 119 Å². The second kappa shape index (κ2) is 10.2. The van der Waals surface area contributed by atoms with E-state index in [-0.39, 0.29) is 17.9 Å². The van der Waals surface area contributed by atoms with Gasteiger partial charge in [-0.25, -0.2) is 9.78 Å². The number of anilines is 1. The van der Waals surface area contributed by atoms with Crippen LogP contribution >= 0.6 is 0 Å². The van der Waals surface area contributed by atoms with E-state index >= 15 is 0 Å². The standard InChI is InChI=1S/C27H25N3O6/c31-23-22(30-13-3-1-2-4-14-30)25(24(23)32)36-21(27(33)34)15-17-5-7-19(8-6-17)35-26-20-16-28-11-9-18(20)10-12-29-26/h5-12,16,21H,1-4,13-15H2,(H,33,34)/t21-/m0/s1. The first kappa shape index (κ1) is 23.5. The average Bonchev–Trinajstić information content (AvgIpc) is 3.18. The first-order valence-corrected chi connectivity index (χ1v) is 11.9. The van der Waals surface area contributed by atoms with E-state index in [0.717, 1.165) is 36.5 Å². The molecule has 5 rings (SSSR count). The highest BCUT2D eigenvalue weighted by atomic mass is 16.5. The van der Waals surface area contributed by atoms with Gasteiger partial charge in [0.2, 0.25) is 5.88 Å². The van der Waals surface area contributed by atoms with Crippen LogP contribution in [0.4, 0.5) is 5.69 Å². The van der Waals surface area contributed by atoms with Crippen molar-refractivity contribution in [3.8, 4) is 17.4 Å². The Labute approximate surface area is 206 Å². The van der Waals surface area contributed by atoms with Crippen LogP contribution in [0.1, 0.15) is 31.2 Å². The third-order valence-corrected chi connectivity index (χ3v) is 6.39. The van der Waals surface area contributed by atoms with Gasteiger partial charge in [-0.2, -0.15) is 0 Å². The molecule has 9 nitrogen and oxygen atoms in total. The van der Waals surface area contributed by atoms with Crippen LogP contribution in [0.5, 0.6) is 17.4 Å². The van der Waals surface area contributed by atoms with Crippen LogP contribution in [0.3, 0.4) is 0 Å². The molecule has 0 radical (unpaired) electrons. The molecule has 0 saturated carbocycles. The Hall–Kier alpha value is -4.27. The third-order valence-electron chi connectivity index (χ3n) is 6.39. The van der Waals surface area contributed by atoms with Gasteiger partial charge < -0.3 is 19.5 Å². The van der Waals surface area contributed by atoms with Crippen LogP contribution in [-0.4, -0.2) is 40.2 Å². The largest absolute Gasteiger partial charge is 0.478 e. The van der Waals surface area contributed by atoms with Crippen molar-refractivity contribution in [2.75, 3.05) is 18.0 Å². The second-order valence-corrected chi connectivity index (χ2v) is 8.85. The van der Waals surface area contributed by atoms with Crippen LogP contribution < -0.4 is 25.2 Å². The van der Waals surface area contributed by atoms with E-state index < -0.39 is 22.9 Å². The Balaban J connectivity index is 1.30. The lowest BCUT2D eigenvalue weighted by molar-refractivity contribution is -0.145. The molecule has 2 aromatic heterocycles. The summed E-state index contributed by atoms with van der Waals surface area (Å²) >= 11 is 0. The van der Waals surface area contributed by atoms with Crippen LogP contribution in [0.15, 0.2) is 64.6 Å². The third kappa shape index (κ3) is 4.77. The first-order chi connectivity index (χ1) is 17.5. The molecule has 9 heteroatoms. The van der Waals surface area contributed by atoms with Gasteiger partial charge in [0.15, 0.2) is 11.9 Å². The Morgan fingerprint density at radius 2 is 1.69 bits per heavy atom. The van der Waals surface area contributed by atoms with Gasteiger partial charge in [-0.1, -0.05) is 25.0 Å². The molecule has 1 aliphatic rings. The molecule has 0 amide bonds. The minimum atomic E-state index is -1.31. The Kier molecular flexibility index (Phi) is 6.62. The van der Waals surface area contributed by atoms with Gasteiger partial charge in [-0.3, -0.25) is 14.6 Å². The molecule has 0 unspecified atom stereocenters. The predicted molar refractivity (Wildman–Crippen MR) is 134 cm³/mol. The number of nitrogens with zero attached hydrogens (tertiary/aromatic N) is 3. The summed E-state index contributed by atoms with van der Waals surface area (Å²) < 4.78 is 11.5. The number of hydrogen-bond donors (Lipinski definition) is 1. The number of aromatic nitrogens is 2. The monoisotopic (exact) mass is 487 g/mol. The summed E-state index contributed by atoms with van der Waals surface area (Å²) in [6.07, 6.45) is 7.70. The van der Waals surface area contributed by atoms with E-state index in [1.54, 1.807) is 42.9 Å². The summed E-state index contributed by atoms with van der Waals surface area (Å²) in [6, 6.07) is 10.6. The summed E-state index contributed by atoms with van der Waals surface area (Å²) in [6.45, 7) is 1.31. The van der Waals surface area contributed by atoms with Gasteiger partial charge in [-0.05, 0) is 48.1 Å². The van der Waals surface area contributed by atoms with Crippen molar-refractivity contribution >= 4 is 22.4 Å². The van der Waals surface area contributed by atoms with Gasteiger partial charge >= 0.3 is 5.97 Å². The molecule has 1 saturated heterocycles. The highest BCUT2D eigenvalue weighted by molar-refractivity contribution is 5.85. The first-order valence-electron chi connectivity index (χ1n) is 11.9. The second-order valence-electron chi connectivity index (χ2n) is 8.85. The molecular formula is C27H25N3O6. The summed E-state index contributed by atoms with van der Waals surface area (Å²) in [4.78, 5) is 46.7. The lowest BCUT2D eigenvalue weighted by Crippen LogP contribution is -2.44. The highest BCUT2D eigenvalue weighted by Crippen LogP contribution is 2.29. The molecule has 184 valence electrons. The number of carbonyl (C=O) groups is 1. The van der Waals surface area contributed by atoms with Gasteiger partial charge in [0, 0.05) is 38.1 Å². The van der Waals surface area contributed by atoms with Crippen molar-refractivity contribution in [3.63, 3.8) is 0 Å². The number of carboxylic acid groups (broad SMARTS) is 1. The smallest absolute Gasteiger partial charge is 0.345 e. The number of ether oxygens (including phenoxy) is 2. The summed E-state index contributed by atoms with van der Waals surface area (Å²) in [5, 5.41) is 11.5. The molecule has 1 aliphatic heterocycles. The zero-order valence-electron chi connectivity index (χ0n) is 19.6. The van der Waals surface area contributed by atoms with Crippen molar-refractivity contribution in [1.29, 1.82) is 0 Å². The molecule has 1 fully saturated rings. The number of pyridine rings is 2. The number of fused-ring (bicyclic) bond motifs is 1. The average molecular weight is 488 g/mol. The SMILES string of the molecule is O=C(O)[C@H](Cc1ccc(Oc2nccc3ccncc23)cc1)Oc1c(N2CCCCCC2)c(=O)c1=O. The van der Waals surface area contributed by atoms with Gasteiger partial charge in [0.1, 0.15) is 11.4 Å². The lowest BCUT2D eigenvalue weighted by Gasteiger charge is -2.27. The Bertz CT molecular complexity index is 1450. The van der Waals surface area contributed by atoms with Crippen LogP contribution in [-0.2, 0) is 11.2 Å². The van der Waals surface area contributed by atoms with E-state index in [4.69, 9.17) is 9.47 Å². The molecule has 2 aromatic carbocycles. The van der Waals surface area contributed by atoms with E-state index in [9.17, 15) is 19.5 Å². The molecule has 3 heterocycles. The van der Waals surface area contributed by atoms with Crippen LogP contribution in [0.2, 0.25) is 0 Å². The fourth-order valence-corrected chi connectivity index (χ4v) is 4.46. The van der Waals surface area contributed by atoms with E-state index in [1.807, 2.05) is 17.0 Å². The Morgan fingerprint density at radius 3 is 2.42 bits per heavy atom. The normalized spacial score (nSPS) is 14.9. The predicted octanol–water partition coefficient (Wildman–Crippen LogP) is 3.47. The minimum absolute atomic E-state index is 0.0182. The summed E-state index contributed by atoms with van der Waals surface area (Å²) in [7, 11) is 0. The Morgan fingerprint density at radius 1 is 0.972 bits per heavy atom. The van der Waals surface area contributed by atoms with Crippen molar-refractivity contribution in [1.82, 2.24) is 9.97 Å². The summed E-state index contributed by atoms with van der Waals surface area (Å²) in [5.41, 5.74) is -0.470. The highest BCUT2D eigenvalue weighted by Gasteiger charge is 2.32. The summed E-state index contributed by atoms with van der Waals surface area (Å²) in [5.74, 6) is -0.398. The quantitative estimate of drug-likeness (QED) is 0.373. The number of benzene rings is 1. The number of hydrogen-bond acceptors (Lipinski definition) is 8. The fourth-order valence-electron chi connectivity index (χ4n) is 4.46. The maximum absolute atomic E-state index is 12.3. The molecule has 4 aromatic rings. The number of aliphatic carboxylic acids is 1. The molecule has 0 spiro atoms. The maximum atomic E-state index is 12.3. The van der Waals surface area contributed by atoms with E-state index in [2.05, 4.69) is 9.97 Å². The van der Waals surface area contributed by atoms with Gasteiger partial charge in [0.05, 0.1) is 5.39 Å². The van der Waals surface area contributed by atoms with E-state index in [1.165, 1.54) is 0 Å². The molecule has 36 heavy (non-hydrogen) atoms. The molecule has 1 N–H and O–H groups in total. The zero-order chi connectivity index (χ0) is 25.1. The van der Waals surface area contributed by atoms with Crippen molar-refractivity contribution in [3.05, 3.63) is 81.0 Å². The molecule has 1 atom stereocenters. The van der Waals surface area contributed by atoms with Crippen LogP contribution in [0.25, 0.3) is 10.8 Å². The van der Waals surface area contributed by atoms with Crippen molar-refractivity contribution in [2.45, 2.75) is 38.2 Å². The number of carboxylic acids is 1. The fraction of sp³-hybridized carbons (Fsp3) is 0.296. The van der Waals surface area contributed by atoms with E-state index in [0.29, 0.717) is 30.3 Å². The lowest BCUT2D eigenvalue weighted by atomic mass is 10.1. The van der Waals surface area contributed by atoms with Gasteiger partial charge in [-0.15, -0.1) is 0 Å². The maximum Gasteiger partial charge on any atom is 0.345 e. The van der Waals surface area contributed by atoms with Crippen molar-refractivity contribution < 1.29 is 19.4 Å². The minimum Gasteiger partial charge on any atom is -0.478 e. The molecule has 0 bridgehead atoms.